The maximum Gasteiger partial charge on any atom is 0.230 e. The number of nitrogens with zero attached hydrogens (tertiary/aromatic N) is 1. The molecular formula is C14H24N2O. The highest BCUT2D eigenvalue weighted by Gasteiger charge is 2.47. The molecule has 3 rings (SSSR count). The van der Waals surface area contributed by atoms with Gasteiger partial charge in [-0.2, -0.15) is 0 Å². The van der Waals surface area contributed by atoms with Gasteiger partial charge in [-0.15, -0.1) is 0 Å². The fourth-order valence-corrected chi connectivity index (χ4v) is 4.08. The van der Waals surface area contributed by atoms with E-state index in [0.717, 1.165) is 44.8 Å². The summed E-state index contributed by atoms with van der Waals surface area (Å²) in [6.45, 7) is 5.21. The minimum Gasteiger partial charge on any atom is -0.339 e. The van der Waals surface area contributed by atoms with E-state index in [1.165, 1.54) is 19.3 Å². The lowest BCUT2D eigenvalue weighted by molar-refractivity contribution is -0.145. The molecule has 96 valence electrons. The number of fused-ring (bicyclic) bond motifs is 2. The highest BCUT2D eigenvalue weighted by Crippen LogP contribution is 2.41. The van der Waals surface area contributed by atoms with E-state index in [4.69, 9.17) is 0 Å². The lowest BCUT2D eigenvalue weighted by atomic mass is 9.76. The summed E-state index contributed by atoms with van der Waals surface area (Å²) < 4.78 is 0. The molecule has 2 heterocycles. The van der Waals surface area contributed by atoms with Crippen LogP contribution in [-0.4, -0.2) is 36.5 Å². The minimum atomic E-state index is -0.0806. The van der Waals surface area contributed by atoms with Gasteiger partial charge in [-0.1, -0.05) is 6.92 Å². The number of carbonyl (C=O) groups excluding carboxylic acids is 1. The van der Waals surface area contributed by atoms with Crippen molar-refractivity contribution in [2.24, 2.45) is 11.3 Å². The van der Waals surface area contributed by atoms with Crippen LogP contribution in [0.2, 0.25) is 0 Å². The summed E-state index contributed by atoms with van der Waals surface area (Å²) in [4.78, 5) is 15.1. The summed E-state index contributed by atoms with van der Waals surface area (Å²) in [5, 5.41) is 3.43. The Labute approximate surface area is 104 Å². The third kappa shape index (κ3) is 1.79. The summed E-state index contributed by atoms with van der Waals surface area (Å²) in [6, 6.07) is 0.581. The zero-order chi connectivity index (χ0) is 11.9. The smallest absolute Gasteiger partial charge is 0.230 e. The van der Waals surface area contributed by atoms with Gasteiger partial charge in [0.2, 0.25) is 5.91 Å². The summed E-state index contributed by atoms with van der Waals surface area (Å²) in [5.41, 5.74) is -0.0806. The van der Waals surface area contributed by atoms with E-state index < -0.39 is 0 Å². The maximum absolute atomic E-state index is 12.8. The summed E-state index contributed by atoms with van der Waals surface area (Å²) in [7, 11) is 0. The van der Waals surface area contributed by atoms with Crippen molar-refractivity contribution >= 4 is 5.91 Å². The zero-order valence-corrected chi connectivity index (χ0v) is 10.9. The van der Waals surface area contributed by atoms with E-state index in [0.29, 0.717) is 11.9 Å². The Bertz CT molecular complexity index is 309. The summed E-state index contributed by atoms with van der Waals surface area (Å²) in [6.07, 6.45) is 7.12. The monoisotopic (exact) mass is 236 g/mol. The summed E-state index contributed by atoms with van der Waals surface area (Å²) >= 11 is 0. The molecule has 3 nitrogen and oxygen atoms in total. The molecule has 3 atom stereocenters. The molecule has 3 unspecified atom stereocenters. The lowest BCUT2D eigenvalue weighted by Crippen LogP contribution is -2.53. The van der Waals surface area contributed by atoms with Crippen molar-refractivity contribution in [1.29, 1.82) is 0 Å². The molecule has 0 aromatic rings. The van der Waals surface area contributed by atoms with Crippen LogP contribution in [-0.2, 0) is 4.79 Å². The predicted octanol–water partition coefficient (Wildman–Crippen LogP) is 1.78. The second-order valence-electron chi connectivity index (χ2n) is 6.20. The molecule has 1 N–H and O–H groups in total. The van der Waals surface area contributed by atoms with Crippen LogP contribution < -0.4 is 5.32 Å². The third-order valence-electron chi connectivity index (χ3n) is 5.27. The van der Waals surface area contributed by atoms with Gasteiger partial charge >= 0.3 is 0 Å². The molecule has 17 heavy (non-hydrogen) atoms. The van der Waals surface area contributed by atoms with Crippen LogP contribution >= 0.6 is 0 Å². The molecule has 2 bridgehead atoms. The van der Waals surface area contributed by atoms with Gasteiger partial charge in [0.15, 0.2) is 0 Å². The molecular weight excluding hydrogens is 212 g/mol. The number of hydrogen-bond acceptors (Lipinski definition) is 2. The van der Waals surface area contributed by atoms with Crippen LogP contribution in [0.25, 0.3) is 0 Å². The van der Waals surface area contributed by atoms with E-state index in [1.807, 2.05) is 0 Å². The molecule has 0 radical (unpaired) electrons. The molecule has 2 saturated heterocycles. The van der Waals surface area contributed by atoms with Crippen LogP contribution in [0.4, 0.5) is 0 Å². The second-order valence-corrected chi connectivity index (χ2v) is 6.20. The Hall–Kier alpha value is -0.570. The van der Waals surface area contributed by atoms with Crippen molar-refractivity contribution in [2.75, 3.05) is 19.6 Å². The average Bonchev–Trinajstić information content (AvgIpc) is 3.01. The fourth-order valence-electron chi connectivity index (χ4n) is 4.08. The van der Waals surface area contributed by atoms with Crippen molar-refractivity contribution in [3.63, 3.8) is 0 Å². The number of carbonyl (C=O) groups is 1. The molecule has 0 aromatic heterocycles. The first-order valence-electron chi connectivity index (χ1n) is 7.27. The number of piperidine rings is 2. The van der Waals surface area contributed by atoms with Crippen LogP contribution in [0.1, 0.15) is 45.4 Å². The number of nitrogens with one attached hydrogen (secondary N) is 1. The number of hydrogen-bond donors (Lipinski definition) is 1. The maximum atomic E-state index is 12.8. The van der Waals surface area contributed by atoms with E-state index in [1.54, 1.807) is 0 Å². The number of likely N-dealkylation sites (tertiary alicyclic amines) is 1. The number of amides is 1. The van der Waals surface area contributed by atoms with Crippen molar-refractivity contribution in [3.8, 4) is 0 Å². The van der Waals surface area contributed by atoms with E-state index in [-0.39, 0.29) is 5.41 Å². The Balaban J connectivity index is 1.75. The van der Waals surface area contributed by atoms with E-state index in [2.05, 4.69) is 17.1 Å². The first-order chi connectivity index (χ1) is 8.25. The molecule has 1 saturated carbocycles. The van der Waals surface area contributed by atoms with Gasteiger partial charge in [0.25, 0.3) is 0 Å². The first kappa shape index (κ1) is 11.5. The quantitative estimate of drug-likeness (QED) is 0.792. The normalized spacial score (nSPS) is 40.9. The second kappa shape index (κ2) is 4.27. The zero-order valence-electron chi connectivity index (χ0n) is 10.9. The van der Waals surface area contributed by atoms with Crippen LogP contribution in [0, 0.1) is 11.3 Å². The topological polar surface area (TPSA) is 32.3 Å². The van der Waals surface area contributed by atoms with Gasteiger partial charge in [-0.25, -0.2) is 0 Å². The average molecular weight is 236 g/mol. The fraction of sp³-hybridized carbons (Fsp3) is 0.929. The molecule has 3 aliphatic rings. The van der Waals surface area contributed by atoms with Crippen LogP contribution in [0.3, 0.4) is 0 Å². The molecule has 3 fully saturated rings. The lowest BCUT2D eigenvalue weighted by Gasteiger charge is -2.41. The van der Waals surface area contributed by atoms with E-state index in [9.17, 15) is 4.79 Å². The van der Waals surface area contributed by atoms with Gasteiger partial charge in [-0.05, 0) is 51.0 Å². The highest BCUT2D eigenvalue weighted by molar-refractivity contribution is 5.84. The van der Waals surface area contributed by atoms with Crippen molar-refractivity contribution < 1.29 is 4.79 Å². The SMILES string of the molecule is CCC1(C(=O)N2CC3CCC2C3)CCCNC1. The number of rotatable bonds is 2. The molecule has 2 aliphatic heterocycles. The van der Waals surface area contributed by atoms with E-state index >= 15 is 0 Å². The Morgan fingerprint density at radius 1 is 1.47 bits per heavy atom. The molecule has 1 amide bonds. The Morgan fingerprint density at radius 2 is 2.35 bits per heavy atom. The highest BCUT2D eigenvalue weighted by atomic mass is 16.2. The van der Waals surface area contributed by atoms with Crippen molar-refractivity contribution in [1.82, 2.24) is 10.2 Å². The Kier molecular flexibility index (Phi) is 2.89. The van der Waals surface area contributed by atoms with Gasteiger partial charge in [0.1, 0.15) is 0 Å². The Morgan fingerprint density at radius 3 is 2.88 bits per heavy atom. The minimum absolute atomic E-state index is 0.0806. The van der Waals surface area contributed by atoms with Gasteiger partial charge in [0, 0.05) is 19.1 Å². The van der Waals surface area contributed by atoms with Gasteiger partial charge in [-0.3, -0.25) is 4.79 Å². The van der Waals surface area contributed by atoms with Gasteiger partial charge in [0.05, 0.1) is 5.41 Å². The standard InChI is InChI=1S/C14H24N2O/c1-2-14(6-3-7-15-10-14)13(17)16-9-11-4-5-12(16)8-11/h11-12,15H,2-10H2,1H3. The molecule has 0 spiro atoms. The predicted molar refractivity (Wildman–Crippen MR) is 67.7 cm³/mol. The van der Waals surface area contributed by atoms with Gasteiger partial charge < -0.3 is 10.2 Å². The molecule has 3 heteroatoms. The molecule has 0 aromatic carbocycles. The third-order valence-corrected chi connectivity index (χ3v) is 5.27. The summed E-state index contributed by atoms with van der Waals surface area (Å²) in [5.74, 6) is 1.27. The largest absolute Gasteiger partial charge is 0.339 e. The molecule has 1 aliphatic carbocycles. The van der Waals surface area contributed by atoms with Crippen LogP contribution in [0.15, 0.2) is 0 Å². The van der Waals surface area contributed by atoms with Crippen molar-refractivity contribution in [3.05, 3.63) is 0 Å². The van der Waals surface area contributed by atoms with Crippen LogP contribution in [0.5, 0.6) is 0 Å². The first-order valence-corrected chi connectivity index (χ1v) is 7.27. The van der Waals surface area contributed by atoms with Crippen molar-refractivity contribution in [2.45, 2.75) is 51.5 Å².